The Morgan fingerprint density at radius 1 is 1.37 bits per heavy atom. The molecule has 0 bridgehead atoms. The van der Waals surface area contributed by atoms with E-state index in [1.165, 1.54) is 0 Å². The molecular formula is C22H31FIN3O3. The van der Waals surface area contributed by atoms with Crippen molar-refractivity contribution in [3.63, 3.8) is 0 Å². The molecule has 3 aliphatic rings. The summed E-state index contributed by atoms with van der Waals surface area (Å²) in [6.45, 7) is 4.70. The molecule has 0 aromatic heterocycles. The van der Waals surface area contributed by atoms with Gasteiger partial charge in [-0.15, -0.1) is 0 Å². The molecule has 3 aliphatic heterocycles. The van der Waals surface area contributed by atoms with E-state index in [2.05, 4.69) is 32.8 Å². The lowest BCUT2D eigenvalue weighted by Crippen LogP contribution is -2.49. The fraction of sp³-hybridized carbons (Fsp3) is 0.682. The number of halogens is 2. The first-order valence-corrected chi connectivity index (χ1v) is 12.4. The zero-order valence-corrected chi connectivity index (χ0v) is 19.5. The number of hydrogen-bond acceptors (Lipinski definition) is 5. The zero-order valence-electron chi connectivity index (χ0n) is 17.4. The second kappa shape index (κ2) is 9.56. The number of likely N-dealkylation sites (tertiary alicyclic amines) is 1. The van der Waals surface area contributed by atoms with Gasteiger partial charge < -0.3 is 25.4 Å². The van der Waals surface area contributed by atoms with Gasteiger partial charge in [-0.3, -0.25) is 4.79 Å². The van der Waals surface area contributed by atoms with Crippen LogP contribution in [0.15, 0.2) is 6.07 Å². The van der Waals surface area contributed by atoms with Gasteiger partial charge in [0, 0.05) is 41.9 Å². The third-order valence-corrected chi connectivity index (χ3v) is 7.39. The molecule has 0 saturated carbocycles. The summed E-state index contributed by atoms with van der Waals surface area (Å²) in [7, 11) is 0. The number of amides is 1. The maximum atomic E-state index is 15.4. The van der Waals surface area contributed by atoms with Crippen molar-refractivity contribution in [3.8, 4) is 5.75 Å². The van der Waals surface area contributed by atoms with Crippen LogP contribution in [-0.4, -0.2) is 62.5 Å². The highest BCUT2D eigenvalue weighted by atomic mass is 127. The molecule has 3 N–H and O–H groups in total. The van der Waals surface area contributed by atoms with Crippen molar-refractivity contribution in [3.05, 3.63) is 22.8 Å². The molecular weight excluding hydrogens is 500 g/mol. The number of nitrogen functional groups attached to an aromatic ring is 1. The summed E-state index contributed by atoms with van der Waals surface area (Å²) in [5, 5.41) is 2.84. The van der Waals surface area contributed by atoms with E-state index >= 15 is 4.39 Å². The standard InChI is InChI=1S/C22H31FIN3O3/c23-22(4-6-27(7-5-22)12-15-3-9-29-13-15)14-26-21(28)18-10-16(11-24)19(25)17-2-1-8-30-20(17)18/h10,15H,1-9,11-14,25H2,(H,26,28). The Morgan fingerprint density at radius 3 is 2.87 bits per heavy atom. The molecule has 0 radical (unpaired) electrons. The summed E-state index contributed by atoms with van der Waals surface area (Å²) >= 11 is 2.25. The highest BCUT2D eigenvalue weighted by Gasteiger charge is 2.36. The first kappa shape index (κ1) is 22.1. The number of nitrogens with one attached hydrogen (secondary N) is 1. The molecule has 1 atom stereocenters. The van der Waals surface area contributed by atoms with E-state index in [1.807, 2.05) is 0 Å². The Hall–Kier alpha value is -1.13. The van der Waals surface area contributed by atoms with E-state index in [1.54, 1.807) is 6.07 Å². The molecule has 0 aliphatic carbocycles. The highest BCUT2D eigenvalue weighted by Crippen LogP contribution is 2.37. The summed E-state index contributed by atoms with van der Waals surface area (Å²) in [6.07, 6.45) is 3.67. The molecule has 1 unspecified atom stereocenters. The first-order chi connectivity index (χ1) is 14.5. The second-order valence-corrected chi connectivity index (χ2v) is 9.52. The fourth-order valence-electron chi connectivity index (χ4n) is 4.65. The number of piperidine rings is 1. The zero-order chi connectivity index (χ0) is 21.1. The Kier molecular flexibility index (Phi) is 7.04. The fourth-order valence-corrected chi connectivity index (χ4v) is 5.28. The van der Waals surface area contributed by atoms with Crippen molar-refractivity contribution in [2.75, 3.05) is 51.7 Å². The van der Waals surface area contributed by atoms with Gasteiger partial charge in [0.05, 0.1) is 25.3 Å². The molecule has 1 aromatic rings. The van der Waals surface area contributed by atoms with Gasteiger partial charge in [0.2, 0.25) is 0 Å². The number of nitrogens with zero attached hydrogens (tertiary/aromatic N) is 1. The molecule has 1 aromatic carbocycles. The number of anilines is 1. The van der Waals surface area contributed by atoms with Crippen LogP contribution in [0.25, 0.3) is 0 Å². The number of rotatable bonds is 6. The van der Waals surface area contributed by atoms with Crippen LogP contribution in [0.4, 0.5) is 10.1 Å². The predicted molar refractivity (Wildman–Crippen MR) is 123 cm³/mol. The summed E-state index contributed by atoms with van der Waals surface area (Å²) < 4.78 is 27.3. The highest BCUT2D eigenvalue weighted by molar-refractivity contribution is 14.1. The van der Waals surface area contributed by atoms with Crippen molar-refractivity contribution in [1.82, 2.24) is 10.2 Å². The van der Waals surface area contributed by atoms with Crippen LogP contribution < -0.4 is 15.8 Å². The van der Waals surface area contributed by atoms with E-state index in [9.17, 15) is 4.79 Å². The molecule has 0 spiro atoms. The van der Waals surface area contributed by atoms with Crippen molar-refractivity contribution < 1.29 is 18.7 Å². The lowest BCUT2D eigenvalue weighted by Gasteiger charge is -2.37. The van der Waals surface area contributed by atoms with Crippen LogP contribution in [0, 0.1) is 5.92 Å². The summed E-state index contributed by atoms with van der Waals surface area (Å²) in [6, 6.07) is 1.80. The van der Waals surface area contributed by atoms with Crippen LogP contribution in [-0.2, 0) is 15.6 Å². The van der Waals surface area contributed by atoms with Gasteiger partial charge in [-0.2, -0.15) is 0 Å². The SMILES string of the molecule is Nc1c(CI)cc(C(=O)NCC2(F)CCN(CC3CCOC3)CC2)c2c1CCCO2. The van der Waals surface area contributed by atoms with Crippen LogP contribution >= 0.6 is 22.6 Å². The van der Waals surface area contributed by atoms with Crippen LogP contribution in [0.5, 0.6) is 5.75 Å². The molecule has 3 heterocycles. The minimum Gasteiger partial charge on any atom is -0.492 e. The maximum absolute atomic E-state index is 15.4. The molecule has 6 nitrogen and oxygen atoms in total. The molecule has 2 saturated heterocycles. The largest absolute Gasteiger partial charge is 0.492 e. The van der Waals surface area contributed by atoms with Gasteiger partial charge >= 0.3 is 0 Å². The summed E-state index contributed by atoms with van der Waals surface area (Å²) in [4.78, 5) is 15.3. The third-order valence-electron chi connectivity index (χ3n) is 6.57. The minimum absolute atomic E-state index is 0.0327. The Balaban J connectivity index is 1.36. The quantitative estimate of drug-likeness (QED) is 0.335. The van der Waals surface area contributed by atoms with Crippen molar-refractivity contribution in [2.45, 2.75) is 42.2 Å². The van der Waals surface area contributed by atoms with Gasteiger partial charge in [-0.25, -0.2) is 4.39 Å². The molecule has 2 fully saturated rings. The number of hydrogen-bond donors (Lipinski definition) is 2. The first-order valence-electron chi connectivity index (χ1n) is 10.9. The van der Waals surface area contributed by atoms with Gasteiger partial charge in [0.1, 0.15) is 11.4 Å². The third kappa shape index (κ3) is 4.85. The number of carbonyl (C=O) groups is 1. The van der Waals surface area contributed by atoms with E-state index in [4.69, 9.17) is 15.2 Å². The monoisotopic (exact) mass is 531 g/mol. The van der Waals surface area contributed by atoms with E-state index in [0.29, 0.717) is 41.1 Å². The number of fused-ring (bicyclic) bond motifs is 1. The normalized spacial score (nSPS) is 23.6. The van der Waals surface area contributed by atoms with E-state index < -0.39 is 5.67 Å². The lowest BCUT2D eigenvalue weighted by atomic mass is 9.92. The lowest BCUT2D eigenvalue weighted by molar-refractivity contribution is 0.0475. The number of ether oxygens (including phenoxy) is 2. The molecule has 30 heavy (non-hydrogen) atoms. The Labute approximate surface area is 191 Å². The van der Waals surface area contributed by atoms with Crippen LogP contribution in [0.1, 0.15) is 47.2 Å². The Bertz CT molecular complexity index is 777. The average Bonchev–Trinajstić information content (AvgIpc) is 3.28. The van der Waals surface area contributed by atoms with Crippen molar-refractivity contribution >= 4 is 34.2 Å². The Morgan fingerprint density at radius 2 is 2.17 bits per heavy atom. The molecule has 166 valence electrons. The second-order valence-electron chi connectivity index (χ2n) is 8.75. The number of nitrogens with two attached hydrogens (primary N) is 1. The van der Waals surface area contributed by atoms with Gasteiger partial charge in [-0.05, 0) is 49.7 Å². The summed E-state index contributed by atoms with van der Waals surface area (Å²) in [5.41, 5.74) is 7.97. The smallest absolute Gasteiger partial charge is 0.255 e. The average molecular weight is 531 g/mol. The molecule has 8 heteroatoms. The van der Waals surface area contributed by atoms with Gasteiger partial charge in [0.15, 0.2) is 0 Å². The van der Waals surface area contributed by atoms with Gasteiger partial charge in [0.25, 0.3) is 5.91 Å². The van der Waals surface area contributed by atoms with Gasteiger partial charge in [-0.1, -0.05) is 22.6 Å². The summed E-state index contributed by atoms with van der Waals surface area (Å²) in [5.74, 6) is 0.869. The predicted octanol–water partition coefficient (Wildman–Crippen LogP) is 3.10. The minimum atomic E-state index is -1.36. The topological polar surface area (TPSA) is 76.8 Å². The number of benzene rings is 1. The van der Waals surface area contributed by atoms with Crippen molar-refractivity contribution in [2.24, 2.45) is 5.92 Å². The molecule has 4 rings (SSSR count). The number of carbonyl (C=O) groups excluding carboxylic acids is 1. The van der Waals surface area contributed by atoms with Crippen LogP contribution in [0.2, 0.25) is 0 Å². The molecule has 1 amide bonds. The number of alkyl halides is 2. The van der Waals surface area contributed by atoms with Crippen LogP contribution in [0.3, 0.4) is 0 Å². The van der Waals surface area contributed by atoms with E-state index in [-0.39, 0.29) is 12.5 Å². The van der Waals surface area contributed by atoms with Crippen molar-refractivity contribution in [1.29, 1.82) is 0 Å². The maximum Gasteiger partial charge on any atom is 0.255 e. The van der Waals surface area contributed by atoms with E-state index in [0.717, 1.165) is 68.9 Å².